The van der Waals surface area contributed by atoms with Gasteiger partial charge in [0.1, 0.15) is 0 Å². The first-order valence-corrected chi connectivity index (χ1v) is 2.70. The van der Waals surface area contributed by atoms with Crippen LogP contribution in [0.25, 0.3) is 0 Å². The van der Waals surface area contributed by atoms with Crippen LogP contribution < -0.4 is 5.73 Å². The van der Waals surface area contributed by atoms with E-state index in [9.17, 15) is 0 Å². The molecular formula is C7H11NO. The SMILES string of the molecule is C/C=C/C(N)=C\C=C\O. The summed E-state index contributed by atoms with van der Waals surface area (Å²) >= 11 is 0. The Morgan fingerprint density at radius 2 is 2.22 bits per heavy atom. The minimum atomic E-state index is 0.628. The van der Waals surface area contributed by atoms with Crippen LogP contribution in [0.5, 0.6) is 0 Å². The molecule has 0 aliphatic carbocycles. The van der Waals surface area contributed by atoms with Crippen molar-refractivity contribution < 1.29 is 5.11 Å². The quantitative estimate of drug-likeness (QED) is 0.433. The predicted molar refractivity (Wildman–Crippen MR) is 38.9 cm³/mol. The smallest absolute Gasteiger partial charge is 0.0792 e. The lowest BCUT2D eigenvalue weighted by molar-refractivity contribution is 0.473. The molecule has 3 N–H and O–H groups in total. The molecule has 0 aliphatic heterocycles. The molecule has 0 aromatic carbocycles. The van der Waals surface area contributed by atoms with Crippen LogP contribution in [0.2, 0.25) is 0 Å². The summed E-state index contributed by atoms with van der Waals surface area (Å²) in [5, 5.41) is 8.18. The van der Waals surface area contributed by atoms with Gasteiger partial charge in [0, 0.05) is 5.70 Å². The van der Waals surface area contributed by atoms with E-state index in [1.54, 1.807) is 12.2 Å². The van der Waals surface area contributed by atoms with Crippen molar-refractivity contribution in [1.82, 2.24) is 0 Å². The standard InChI is InChI=1S/C7H11NO/c1-2-4-7(8)5-3-6-9/h2-6,9H,8H2,1H3/b4-2+,6-3+,7-5+. The highest BCUT2D eigenvalue weighted by Crippen LogP contribution is 1.85. The van der Waals surface area contributed by atoms with Crippen molar-refractivity contribution in [3.8, 4) is 0 Å². The van der Waals surface area contributed by atoms with Gasteiger partial charge in [-0.05, 0) is 25.2 Å². The van der Waals surface area contributed by atoms with Crippen molar-refractivity contribution in [2.75, 3.05) is 0 Å². The molecule has 50 valence electrons. The predicted octanol–water partition coefficient (Wildman–Crippen LogP) is 1.48. The van der Waals surface area contributed by atoms with Crippen molar-refractivity contribution in [3.63, 3.8) is 0 Å². The zero-order valence-electron chi connectivity index (χ0n) is 5.41. The second kappa shape index (κ2) is 4.97. The molecular weight excluding hydrogens is 114 g/mol. The summed E-state index contributed by atoms with van der Waals surface area (Å²) in [6.45, 7) is 1.88. The summed E-state index contributed by atoms with van der Waals surface area (Å²) in [7, 11) is 0. The van der Waals surface area contributed by atoms with E-state index in [1.807, 2.05) is 13.0 Å². The van der Waals surface area contributed by atoms with E-state index in [4.69, 9.17) is 10.8 Å². The summed E-state index contributed by atoms with van der Waals surface area (Å²) in [6, 6.07) is 0. The molecule has 2 heteroatoms. The lowest BCUT2D eigenvalue weighted by Gasteiger charge is -1.84. The van der Waals surface area contributed by atoms with Gasteiger partial charge in [-0.2, -0.15) is 0 Å². The van der Waals surface area contributed by atoms with Crippen LogP contribution >= 0.6 is 0 Å². The van der Waals surface area contributed by atoms with Crippen LogP contribution in [0.4, 0.5) is 0 Å². The summed E-state index contributed by atoms with van der Waals surface area (Å²) in [4.78, 5) is 0. The molecule has 0 unspecified atom stereocenters. The highest BCUT2D eigenvalue weighted by molar-refractivity contribution is 5.19. The topological polar surface area (TPSA) is 46.2 Å². The van der Waals surface area contributed by atoms with Crippen LogP contribution in [0, 0.1) is 0 Å². The number of aliphatic hydroxyl groups excluding tert-OH is 1. The Balaban J connectivity index is 3.84. The van der Waals surface area contributed by atoms with Crippen LogP contribution in [0.1, 0.15) is 6.92 Å². The van der Waals surface area contributed by atoms with Gasteiger partial charge >= 0.3 is 0 Å². The minimum absolute atomic E-state index is 0.628. The van der Waals surface area contributed by atoms with E-state index in [2.05, 4.69) is 0 Å². The lowest BCUT2D eigenvalue weighted by atomic mass is 10.3. The van der Waals surface area contributed by atoms with Crippen molar-refractivity contribution in [3.05, 3.63) is 36.3 Å². The van der Waals surface area contributed by atoms with Crippen LogP contribution in [-0.2, 0) is 0 Å². The lowest BCUT2D eigenvalue weighted by Crippen LogP contribution is -1.90. The molecule has 0 amide bonds. The first kappa shape index (κ1) is 7.82. The monoisotopic (exact) mass is 125 g/mol. The molecule has 0 aliphatic rings. The third-order valence-corrected chi connectivity index (χ3v) is 0.734. The van der Waals surface area contributed by atoms with E-state index in [0.29, 0.717) is 5.70 Å². The molecule has 0 aromatic heterocycles. The molecule has 9 heavy (non-hydrogen) atoms. The molecule has 2 nitrogen and oxygen atoms in total. The van der Waals surface area contributed by atoms with Gasteiger partial charge in [0.15, 0.2) is 0 Å². The van der Waals surface area contributed by atoms with Gasteiger partial charge in [0.2, 0.25) is 0 Å². The summed E-state index contributed by atoms with van der Waals surface area (Å²) < 4.78 is 0. The summed E-state index contributed by atoms with van der Waals surface area (Å²) in [6.07, 6.45) is 7.60. The number of rotatable bonds is 2. The molecule has 0 atom stereocenters. The maximum absolute atomic E-state index is 8.18. The molecule has 0 heterocycles. The maximum Gasteiger partial charge on any atom is 0.0792 e. The average molecular weight is 125 g/mol. The molecule has 0 bridgehead atoms. The van der Waals surface area contributed by atoms with Crippen LogP contribution in [0.3, 0.4) is 0 Å². The van der Waals surface area contributed by atoms with Crippen molar-refractivity contribution in [2.24, 2.45) is 5.73 Å². The fraction of sp³-hybridized carbons (Fsp3) is 0.143. The number of hydrogen-bond donors (Lipinski definition) is 2. The number of aliphatic hydroxyl groups is 1. The number of allylic oxidation sites excluding steroid dienone is 4. The van der Waals surface area contributed by atoms with Gasteiger partial charge in [-0.3, -0.25) is 0 Å². The van der Waals surface area contributed by atoms with Gasteiger partial charge < -0.3 is 10.8 Å². The number of hydrogen-bond acceptors (Lipinski definition) is 2. The zero-order chi connectivity index (χ0) is 7.11. The van der Waals surface area contributed by atoms with Gasteiger partial charge in [-0.15, -0.1) is 0 Å². The highest BCUT2D eigenvalue weighted by Gasteiger charge is 1.73. The van der Waals surface area contributed by atoms with Crippen molar-refractivity contribution in [1.29, 1.82) is 0 Å². The van der Waals surface area contributed by atoms with Gasteiger partial charge in [-0.25, -0.2) is 0 Å². The second-order valence-corrected chi connectivity index (χ2v) is 1.51. The first-order chi connectivity index (χ1) is 4.31. The fourth-order valence-electron chi connectivity index (χ4n) is 0.402. The van der Waals surface area contributed by atoms with Crippen molar-refractivity contribution in [2.45, 2.75) is 6.92 Å². The Morgan fingerprint density at radius 3 is 2.67 bits per heavy atom. The van der Waals surface area contributed by atoms with Gasteiger partial charge in [0.25, 0.3) is 0 Å². The van der Waals surface area contributed by atoms with E-state index < -0.39 is 0 Å². The van der Waals surface area contributed by atoms with Gasteiger partial charge in [-0.1, -0.05) is 6.08 Å². The van der Waals surface area contributed by atoms with Crippen LogP contribution in [-0.4, -0.2) is 5.11 Å². The Bertz CT molecular complexity index is 145. The first-order valence-electron chi connectivity index (χ1n) is 2.70. The zero-order valence-corrected chi connectivity index (χ0v) is 5.41. The van der Waals surface area contributed by atoms with Gasteiger partial charge in [0.05, 0.1) is 6.26 Å². The molecule has 0 fully saturated rings. The highest BCUT2D eigenvalue weighted by atomic mass is 16.2. The Morgan fingerprint density at radius 1 is 1.56 bits per heavy atom. The van der Waals surface area contributed by atoms with E-state index in [1.165, 1.54) is 6.08 Å². The largest absolute Gasteiger partial charge is 0.516 e. The summed E-state index contributed by atoms with van der Waals surface area (Å²) in [5.41, 5.74) is 6.01. The number of nitrogens with two attached hydrogens (primary N) is 1. The Hall–Kier alpha value is -1.18. The second-order valence-electron chi connectivity index (χ2n) is 1.51. The molecule has 0 radical (unpaired) electrons. The Labute approximate surface area is 55.0 Å². The Kier molecular flexibility index (Phi) is 4.32. The molecule has 0 aromatic rings. The maximum atomic E-state index is 8.18. The summed E-state index contributed by atoms with van der Waals surface area (Å²) in [5.74, 6) is 0. The molecule has 0 saturated carbocycles. The molecule has 0 rings (SSSR count). The third-order valence-electron chi connectivity index (χ3n) is 0.734. The molecule has 0 saturated heterocycles. The van der Waals surface area contributed by atoms with Crippen LogP contribution in [0.15, 0.2) is 36.3 Å². The third kappa shape index (κ3) is 4.68. The molecule has 0 spiro atoms. The fourth-order valence-corrected chi connectivity index (χ4v) is 0.402. The average Bonchev–Trinajstić information content (AvgIpc) is 1.85. The van der Waals surface area contributed by atoms with Crippen molar-refractivity contribution >= 4 is 0 Å². The van der Waals surface area contributed by atoms with E-state index in [0.717, 1.165) is 6.26 Å². The normalized spacial score (nSPS) is 13.7. The van der Waals surface area contributed by atoms with E-state index in [-0.39, 0.29) is 0 Å². The minimum Gasteiger partial charge on any atom is -0.516 e. The van der Waals surface area contributed by atoms with E-state index >= 15 is 0 Å².